The van der Waals surface area contributed by atoms with Crippen LogP contribution in [-0.2, 0) is 0 Å². The van der Waals surface area contributed by atoms with Gasteiger partial charge in [-0.15, -0.1) is 0 Å². The molecule has 2 saturated heterocycles. The zero-order valence-corrected chi connectivity index (χ0v) is 16.7. The Morgan fingerprint density at radius 1 is 1.00 bits per heavy atom. The number of fused-ring (bicyclic) bond motifs is 1. The quantitative estimate of drug-likeness (QED) is 0.813. The summed E-state index contributed by atoms with van der Waals surface area (Å²) < 4.78 is 0. The van der Waals surface area contributed by atoms with E-state index < -0.39 is 0 Å². The third-order valence-electron chi connectivity index (χ3n) is 5.89. The van der Waals surface area contributed by atoms with Gasteiger partial charge in [-0.2, -0.15) is 0 Å². The van der Waals surface area contributed by atoms with Gasteiger partial charge < -0.3 is 9.80 Å². The van der Waals surface area contributed by atoms with Crippen LogP contribution >= 0.6 is 0 Å². The van der Waals surface area contributed by atoms with Crippen molar-refractivity contribution in [2.45, 2.75) is 52.9 Å². The highest BCUT2D eigenvalue weighted by Gasteiger charge is 2.26. The maximum atomic E-state index is 13.1. The van der Waals surface area contributed by atoms with E-state index >= 15 is 0 Å². The summed E-state index contributed by atoms with van der Waals surface area (Å²) in [7, 11) is 0. The Morgan fingerprint density at radius 3 is 2.41 bits per heavy atom. The van der Waals surface area contributed by atoms with Gasteiger partial charge in [0.2, 0.25) is 5.82 Å². The van der Waals surface area contributed by atoms with Crippen molar-refractivity contribution in [3.05, 3.63) is 23.1 Å². The van der Waals surface area contributed by atoms with E-state index in [-0.39, 0.29) is 5.91 Å². The molecule has 1 amide bonds. The van der Waals surface area contributed by atoms with Gasteiger partial charge >= 0.3 is 0 Å². The fourth-order valence-electron chi connectivity index (χ4n) is 4.24. The second-order valence-corrected chi connectivity index (χ2v) is 8.17. The molecular formula is C21H29N5O. The summed E-state index contributed by atoms with van der Waals surface area (Å²) in [5, 5.41) is 0.992. The Bertz CT molecular complexity index is 851. The third-order valence-corrected chi connectivity index (χ3v) is 5.89. The van der Waals surface area contributed by atoms with Crippen molar-refractivity contribution in [3.63, 3.8) is 0 Å². The number of aryl methyl sites for hydroxylation is 2. The topological polar surface area (TPSA) is 62.2 Å². The summed E-state index contributed by atoms with van der Waals surface area (Å²) in [5.41, 5.74) is 2.70. The molecule has 2 aliphatic heterocycles. The molecule has 0 aromatic carbocycles. The Hall–Kier alpha value is -2.24. The first kappa shape index (κ1) is 18.1. The van der Waals surface area contributed by atoms with Crippen molar-refractivity contribution >= 4 is 22.8 Å². The summed E-state index contributed by atoms with van der Waals surface area (Å²) in [6.07, 6.45) is 5.69. The Morgan fingerprint density at radius 2 is 1.70 bits per heavy atom. The van der Waals surface area contributed by atoms with Gasteiger partial charge in [-0.05, 0) is 63.5 Å². The zero-order chi connectivity index (χ0) is 19.0. The minimum Gasteiger partial charge on any atom is -0.356 e. The van der Waals surface area contributed by atoms with Crippen molar-refractivity contribution in [2.24, 2.45) is 5.92 Å². The monoisotopic (exact) mass is 367 g/mol. The standard InChI is InChI=1S/C21H29N5O/c1-14-7-11-26(12-8-14)21(27)19-23-18-17(15(2)13-16(3)22-18)20(24-19)25-9-5-4-6-10-25/h13-14H,4-12H2,1-3H3. The molecule has 4 rings (SSSR count). The van der Waals surface area contributed by atoms with Crippen LogP contribution in [0, 0.1) is 19.8 Å². The average Bonchev–Trinajstić information content (AvgIpc) is 2.67. The highest BCUT2D eigenvalue weighted by molar-refractivity contribution is 5.96. The largest absolute Gasteiger partial charge is 0.356 e. The number of piperidine rings is 2. The lowest BCUT2D eigenvalue weighted by molar-refractivity contribution is 0.0685. The summed E-state index contributed by atoms with van der Waals surface area (Å²) in [6.45, 7) is 9.85. The number of hydrogen-bond donors (Lipinski definition) is 0. The van der Waals surface area contributed by atoms with Gasteiger partial charge in [-0.1, -0.05) is 6.92 Å². The number of nitrogens with zero attached hydrogens (tertiary/aromatic N) is 5. The maximum absolute atomic E-state index is 13.1. The first-order valence-electron chi connectivity index (χ1n) is 10.2. The fourth-order valence-corrected chi connectivity index (χ4v) is 4.24. The molecule has 2 aromatic rings. The van der Waals surface area contributed by atoms with E-state index in [2.05, 4.69) is 34.8 Å². The van der Waals surface area contributed by atoms with Crippen molar-refractivity contribution in [1.82, 2.24) is 19.9 Å². The predicted molar refractivity (Wildman–Crippen MR) is 107 cm³/mol. The maximum Gasteiger partial charge on any atom is 0.291 e. The normalized spacial score (nSPS) is 18.9. The zero-order valence-electron chi connectivity index (χ0n) is 16.7. The van der Waals surface area contributed by atoms with E-state index in [0.29, 0.717) is 17.4 Å². The smallest absolute Gasteiger partial charge is 0.291 e. The molecule has 2 fully saturated rings. The molecule has 27 heavy (non-hydrogen) atoms. The summed E-state index contributed by atoms with van der Waals surface area (Å²) in [5.74, 6) is 1.82. The summed E-state index contributed by atoms with van der Waals surface area (Å²) in [4.78, 5) is 31.4. The van der Waals surface area contributed by atoms with E-state index in [1.807, 2.05) is 11.8 Å². The lowest BCUT2D eigenvalue weighted by Gasteiger charge is -2.31. The summed E-state index contributed by atoms with van der Waals surface area (Å²) >= 11 is 0. The van der Waals surface area contributed by atoms with Gasteiger partial charge in [0, 0.05) is 31.9 Å². The number of carbonyl (C=O) groups excluding carboxylic acids is 1. The van der Waals surface area contributed by atoms with Crippen molar-refractivity contribution in [3.8, 4) is 0 Å². The minimum absolute atomic E-state index is 0.0528. The highest BCUT2D eigenvalue weighted by atomic mass is 16.2. The third kappa shape index (κ3) is 3.62. The highest BCUT2D eigenvalue weighted by Crippen LogP contribution is 2.29. The number of likely N-dealkylation sites (tertiary alicyclic amines) is 1. The molecule has 6 nitrogen and oxygen atoms in total. The lowest BCUT2D eigenvalue weighted by atomic mass is 9.99. The molecule has 0 unspecified atom stereocenters. The van der Waals surface area contributed by atoms with Crippen LogP contribution in [0.3, 0.4) is 0 Å². The Kier molecular flexibility index (Phi) is 4.98. The van der Waals surface area contributed by atoms with Gasteiger partial charge in [0.1, 0.15) is 5.82 Å². The molecule has 2 aromatic heterocycles. The van der Waals surface area contributed by atoms with Gasteiger partial charge in [-0.3, -0.25) is 4.79 Å². The molecule has 0 spiro atoms. The number of pyridine rings is 1. The molecule has 144 valence electrons. The van der Waals surface area contributed by atoms with E-state index in [0.717, 1.165) is 74.3 Å². The number of amides is 1. The number of carbonyl (C=O) groups is 1. The van der Waals surface area contributed by atoms with E-state index in [1.54, 1.807) is 0 Å². The first-order valence-corrected chi connectivity index (χ1v) is 10.2. The minimum atomic E-state index is -0.0528. The second kappa shape index (κ2) is 7.41. The fraction of sp³-hybridized carbons (Fsp3) is 0.619. The van der Waals surface area contributed by atoms with Crippen molar-refractivity contribution < 1.29 is 4.79 Å². The molecule has 4 heterocycles. The second-order valence-electron chi connectivity index (χ2n) is 8.17. The van der Waals surface area contributed by atoms with E-state index in [1.165, 1.54) is 6.42 Å². The van der Waals surface area contributed by atoms with Crippen LogP contribution in [0.15, 0.2) is 6.07 Å². The number of anilines is 1. The molecule has 0 bridgehead atoms. The van der Waals surface area contributed by atoms with Crippen molar-refractivity contribution in [1.29, 1.82) is 0 Å². The average molecular weight is 367 g/mol. The first-order chi connectivity index (χ1) is 13.0. The Balaban J connectivity index is 1.78. The van der Waals surface area contributed by atoms with Gasteiger partial charge in [-0.25, -0.2) is 15.0 Å². The van der Waals surface area contributed by atoms with Gasteiger partial charge in [0.25, 0.3) is 5.91 Å². The molecule has 0 saturated carbocycles. The van der Waals surface area contributed by atoms with Gasteiger partial charge in [0.05, 0.1) is 5.39 Å². The lowest BCUT2D eigenvalue weighted by Crippen LogP contribution is -2.39. The van der Waals surface area contributed by atoms with Crippen LogP contribution in [-0.4, -0.2) is 51.9 Å². The van der Waals surface area contributed by atoms with Crippen LogP contribution in [0.2, 0.25) is 0 Å². The SMILES string of the molecule is Cc1cc(C)c2c(N3CCCCC3)nc(C(=O)N3CCC(C)CC3)nc2n1. The predicted octanol–water partition coefficient (Wildman–Crippen LogP) is 3.50. The molecule has 0 aliphatic carbocycles. The Labute approximate surface area is 161 Å². The number of rotatable bonds is 2. The molecule has 0 N–H and O–H groups in total. The number of hydrogen-bond acceptors (Lipinski definition) is 5. The van der Waals surface area contributed by atoms with Gasteiger partial charge in [0.15, 0.2) is 5.65 Å². The molecular weight excluding hydrogens is 338 g/mol. The molecule has 2 aliphatic rings. The van der Waals surface area contributed by atoms with Crippen LogP contribution in [0.1, 0.15) is 60.9 Å². The molecule has 0 atom stereocenters. The van der Waals surface area contributed by atoms with Crippen LogP contribution < -0.4 is 4.90 Å². The van der Waals surface area contributed by atoms with E-state index in [4.69, 9.17) is 4.98 Å². The summed E-state index contributed by atoms with van der Waals surface area (Å²) in [6, 6.07) is 2.08. The van der Waals surface area contributed by atoms with Crippen LogP contribution in [0.25, 0.3) is 11.0 Å². The number of aromatic nitrogens is 3. The molecule has 6 heteroatoms. The van der Waals surface area contributed by atoms with E-state index in [9.17, 15) is 4.79 Å². The molecule has 0 radical (unpaired) electrons. The van der Waals surface area contributed by atoms with Crippen LogP contribution in [0.5, 0.6) is 0 Å². The van der Waals surface area contributed by atoms with Crippen molar-refractivity contribution in [2.75, 3.05) is 31.1 Å². The van der Waals surface area contributed by atoms with Crippen LogP contribution in [0.4, 0.5) is 5.82 Å².